The van der Waals surface area contributed by atoms with Gasteiger partial charge in [-0.2, -0.15) is 0 Å². The van der Waals surface area contributed by atoms with Gasteiger partial charge in [0.1, 0.15) is 90.3 Å². The molecule has 0 saturated carbocycles. The van der Waals surface area contributed by atoms with Gasteiger partial charge in [-0.25, -0.2) is 0 Å². The number of likely N-dealkylation sites (N-methyl/N-ethyl adjacent to an activating group) is 2. The van der Waals surface area contributed by atoms with E-state index in [-0.39, 0.29) is 83.2 Å². The summed E-state index contributed by atoms with van der Waals surface area (Å²) in [5, 5.41) is 58.8. The molecule has 42 heteroatoms. The highest BCUT2D eigenvalue weighted by atomic mass is 32.2. The fourth-order valence-electron chi connectivity index (χ4n) is 16.6. The number of primary amides is 2. The summed E-state index contributed by atoms with van der Waals surface area (Å²) in [7, 11) is 2.70. The van der Waals surface area contributed by atoms with Gasteiger partial charge in [-0.15, -0.1) is 11.8 Å². The largest absolute Gasteiger partial charge is 0.508 e. The second kappa shape index (κ2) is 47.4. The topological polar surface area (TPSA) is 614 Å². The second-order valence-electron chi connectivity index (χ2n) is 33.3. The number of carbonyl (C=O) groups is 18. The number of nitrogens with one attached hydrogen (secondary N) is 12. The zero-order valence-electron chi connectivity index (χ0n) is 73.2. The number of phenols is 1. The fraction of sp³-hybridized carbons (Fsp3) is 0.540. The van der Waals surface area contributed by atoms with Gasteiger partial charge in [-0.3, -0.25) is 86.3 Å². The molecule has 4 fully saturated rings. The molecule has 0 aliphatic carbocycles. The highest BCUT2D eigenvalue weighted by molar-refractivity contribution is 8.00. The molecule has 4 aliphatic heterocycles. The predicted octanol–water partition coefficient (Wildman–Crippen LogP) is -2.55. The number of phenolic OH excluding ortho intramolecular Hbond substituents is 1. The normalized spacial score (nSPS) is 25.9. The Balaban J connectivity index is 1.07. The zero-order valence-corrected chi connectivity index (χ0v) is 74.0. The average molecular weight is 1810 g/mol. The molecular weight excluding hydrogens is 1690 g/mol. The number of aromatic hydroxyl groups is 1. The Morgan fingerprint density at radius 3 is 1.62 bits per heavy atom. The molecule has 0 bridgehead atoms. The number of piperidine rings is 1. The molecule has 0 spiro atoms. The molecule has 21 N–H and O–H groups in total. The summed E-state index contributed by atoms with van der Waals surface area (Å²) in [6.07, 6.45) is 2.97. The molecular formula is C87H120N20O21S. The average Bonchev–Trinajstić information content (AvgIpc) is 1.64. The Labute approximate surface area is 749 Å². The molecule has 2 aromatic heterocycles. The number of carbonyl (C=O) groups excluding carboxylic acids is 17. The SMILES string of the molecule is CCCC[C@H]1C(=O)N(C)[C@@H](CCCC)C(=O)N[C@@H](C)C(=O)N[C@H](C(=O)NCC(N)=O)CSCC(=O)N[C@@H](Cc2ccc(O)cc2)C(=O)N2CCCC[C@H]2C(=O)N[C@@H](CC(=O)O)C(=O)N2CCC[C@H]2C(=O)N[C@@H](CN)C(=O)N[C@@H](CCC(N)=O)C(=O)N2CC(C)C[C@H]2C(=O)N[C@@H](Cc2c[nH]c3ccccc23)C(=O)N[C@@H](CO)C(=O)N[C@@H](Cc2c[nH]c3ccccc23)C(=O)N1C. The summed E-state index contributed by atoms with van der Waals surface area (Å²) in [6, 6.07) is -1.94. The van der Waals surface area contributed by atoms with Crippen molar-refractivity contribution in [1.82, 2.24) is 87.6 Å². The van der Waals surface area contributed by atoms with E-state index < -0.39 is 247 Å². The molecule has 129 heavy (non-hydrogen) atoms. The van der Waals surface area contributed by atoms with Gasteiger partial charge in [0.25, 0.3) is 0 Å². The van der Waals surface area contributed by atoms with Crippen molar-refractivity contribution in [2.45, 2.75) is 228 Å². The van der Waals surface area contributed by atoms with E-state index in [9.17, 15) is 68.1 Å². The van der Waals surface area contributed by atoms with Gasteiger partial charge in [0.2, 0.25) is 100 Å². The number of aliphatic carboxylic acids is 1. The van der Waals surface area contributed by atoms with E-state index >= 15 is 33.6 Å². The summed E-state index contributed by atoms with van der Waals surface area (Å²) in [5.74, 6) is -18.8. The lowest BCUT2D eigenvalue weighted by Gasteiger charge is -2.38. The molecule has 17 amide bonds. The van der Waals surface area contributed by atoms with Crippen LogP contribution < -0.4 is 70.4 Å². The van der Waals surface area contributed by atoms with E-state index in [0.717, 1.165) is 31.4 Å². The van der Waals surface area contributed by atoms with Gasteiger partial charge in [-0.1, -0.05) is 95.0 Å². The van der Waals surface area contributed by atoms with Crippen molar-refractivity contribution >= 4 is 140 Å². The minimum Gasteiger partial charge on any atom is -0.508 e. The number of benzene rings is 3. The highest BCUT2D eigenvalue weighted by Crippen LogP contribution is 2.30. The van der Waals surface area contributed by atoms with Crippen LogP contribution in [0.15, 0.2) is 85.2 Å². The van der Waals surface area contributed by atoms with E-state index in [4.69, 9.17) is 17.2 Å². The maximum absolute atomic E-state index is 15.6. The van der Waals surface area contributed by atoms with Crippen LogP contribution in [0, 0.1) is 5.92 Å². The van der Waals surface area contributed by atoms with Crippen LogP contribution in [-0.4, -0.2) is 306 Å². The Bertz CT molecular complexity index is 4910. The second-order valence-corrected chi connectivity index (χ2v) is 34.3. The molecule has 6 heterocycles. The summed E-state index contributed by atoms with van der Waals surface area (Å²) >= 11 is 0.787. The number of fused-ring (bicyclic) bond motifs is 5. The van der Waals surface area contributed by atoms with Crippen molar-refractivity contribution in [3.63, 3.8) is 0 Å². The number of nitrogens with zero attached hydrogens (tertiary/aromatic N) is 5. The lowest BCUT2D eigenvalue weighted by atomic mass is 9.97. The minimum absolute atomic E-state index is 0.0175. The Morgan fingerprint density at radius 1 is 0.512 bits per heavy atom. The number of nitrogens with two attached hydrogens (primary N) is 3. The van der Waals surface area contributed by atoms with Crippen LogP contribution in [0.2, 0.25) is 0 Å². The summed E-state index contributed by atoms with van der Waals surface area (Å²) in [4.78, 5) is 272. The van der Waals surface area contributed by atoms with Gasteiger partial charge in [-0.05, 0) is 112 Å². The van der Waals surface area contributed by atoms with Crippen LogP contribution in [0.25, 0.3) is 21.8 Å². The van der Waals surface area contributed by atoms with Crippen LogP contribution in [0.1, 0.15) is 141 Å². The Hall–Kier alpha value is -12.7. The minimum atomic E-state index is -1.88. The number of hydrogen-bond acceptors (Lipinski definition) is 22. The number of H-pyrrole nitrogens is 2. The van der Waals surface area contributed by atoms with Crippen LogP contribution >= 0.6 is 11.8 Å². The van der Waals surface area contributed by atoms with Gasteiger partial charge in [0, 0.05) is 106 Å². The molecule has 3 aromatic carbocycles. The monoisotopic (exact) mass is 1810 g/mol. The van der Waals surface area contributed by atoms with E-state index in [1.807, 2.05) is 13.8 Å². The number of unbranched alkanes of at least 4 members (excludes halogenated alkanes) is 2. The number of aliphatic hydroxyl groups excluding tert-OH is 1. The van der Waals surface area contributed by atoms with Crippen molar-refractivity contribution in [1.29, 1.82) is 0 Å². The number of carboxylic acids is 1. The molecule has 1 unspecified atom stereocenters. The standard InChI is InChI=1S/C87H120N20O21S/c1-7-9-22-65-79(120)94-48(4)74(115)102-64(75(116)93-42-71(90)111)45-129-46-72(112)95-59(35-49-26-28-52(109)29-27-49)85(126)105-32-16-15-24-66(105)80(121)99-61(38-73(113)114)86(127)106-33-17-25-67(106)81(122)100-62(39-88)77(118)96-57(30-31-70(89)110)84(125)107-43-47(3)34-69(107)82(123)97-58(36-50-40-91-55-20-13-11-18-53(50)55)76(117)101-63(44-108)78(119)98-60(37-51-41-92-56-21-14-12-19-54(51)56)83(124)104(6)68(23-10-8-2)87(128)103(65)5/h11-14,18-21,26-29,40-41,47-48,57-69,91-92,108-109H,7-10,15-17,22-25,30-39,42-46,88H2,1-6H3,(H2,89,110)(H2,90,111)(H,93,116)(H,94,120)(H,95,112)(H,96,118)(H,97,123)(H,98,119)(H,99,121)(H,100,122)(H,101,117)(H,102,115)(H,113,114)/t47?,48-,57-,58-,59-,60-,61-,62-,63-,64-,65-,66-,67-,68-,69-/m0/s1. The van der Waals surface area contributed by atoms with Gasteiger partial charge in [0.15, 0.2) is 0 Å². The number of hydrogen-bond donors (Lipinski definition) is 18. The highest BCUT2D eigenvalue weighted by Gasteiger charge is 2.47. The van der Waals surface area contributed by atoms with Crippen molar-refractivity contribution in [2.24, 2.45) is 23.1 Å². The van der Waals surface area contributed by atoms with Crippen LogP contribution in [0.3, 0.4) is 0 Å². The molecule has 700 valence electrons. The van der Waals surface area contributed by atoms with Gasteiger partial charge < -0.3 is 120 Å². The van der Waals surface area contributed by atoms with E-state index in [1.54, 1.807) is 67.8 Å². The van der Waals surface area contributed by atoms with Crippen molar-refractivity contribution in [3.8, 4) is 5.75 Å². The molecule has 4 aliphatic rings. The van der Waals surface area contributed by atoms with E-state index in [2.05, 4.69) is 63.1 Å². The summed E-state index contributed by atoms with van der Waals surface area (Å²) in [6.45, 7) is 3.91. The Kier molecular flexibility index (Phi) is 36.7. The number of para-hydroxylation sites is 2. The van der Waals surface area contributed by atoms with E-state index in [0.29, 0.717) is 77.0 Å². The van der Waals surface area contributed by atoms with Gasteiger partial charge >= 0.3 is 5.97 Å². The van der Waals surface area contributed by atoms with Crippen LogP contribution in [0.4, 0.5) is 0 Å². The van der Waals surface area contributed by atoms with Crippen LogP contribution in [-0.2, 0) is 106 Å². The number of aliphatic hydroxyl groups is 1. The first-order valence-electron chi connectivity index (χ1n) is 43.5. The fourth-order valence-corrected chi connectivity index (χ4v) is 17.5. The number of thioether (sulfide) groups is 1. The molecule has 15 atom stereocenters. The maximum atomic E-state index is 15.6. The van der Waals surface area contributed by atoms with E-state index in [1.165, 1.54) is 50.2 Å². The van der Waals surface area contributed by atoms with Crippen molar-refractivity contribution in [3.05, 3.63) is 102 Å². The molecule has 4 saturated heterocycles. The van der Waals surface area contributed by atoms with Crippen LogP contribution in [0.5, 0.6) is 5.75 Å². The summed E-state index contributed by atoms with van der Waals surface area (Å²) in [5.41, 5.74) is 19.9. The molecule has 41 nitrogen and oxygen atoms in total. The molecule has 9 rings (SSSR count). The third kappa shape index (κ3) is 26.9. The number of amides is 17. The quantitative estimate of drug-likeness (QED) is 0.0339. The zero-order chi connectivity index (χ0) is 94.0. The third-order valence-corrected chi connectivity index (χ3v) is 24.7. The third-order valence-electron chi connectivity index (χ3n) is 23.7. The first kappa shape index (κ1) is 100. The summed E-state index contributed by atoms with van der Waals surface area (Å²) < 4.78 is 0. The first-order chi connectivity index (χ1) is 61.5. The maximum Gasteiger partial charge on any atom is 0.305 e. The number of aromatic nitrogens is 2. The predicted molar refractivity (Wildman–Crippen MR) is 471 cm³/mol. The lowest BCUT2D eigenvalue weighted by Crippen LogP contribution is -2.62. The number of aromatic amines is 2. The smallest absolute Gasteiger partial charge is 0.305 e. The number of rotatable bonds is 22. The number of carboxylic acid groups (broad SMARTS) is 1. The molecule has 5 aromatic rings. The molecule has 0 radical (unpaired) electrons. The Morgan fingerprint density at radius 2 is 1.02 bits per heavy atom. The first-order valence-corrected chi connectivity index (χ1v) is 44.7. The van der Waals surface area contributed by atoms with Crippen molar-refractivity contribution < 1.29 is 102 Å². The van der Waals surface area contributed by atoms with Crippen molar-refractivity contribution in [2.75, 3.05) is 64.9 Å². The lowest BCUT2D eigenvalue weighted by molar-refractivity contribution is -0.149. The van der Waals surface area contributed by atoms with Gasteiger partial charge in [0.05, 0.1) is 25.3 Å².